The van der Waals surface area contributed by atoms with Crippen LogP contribution < -0.4 is 4.74 Å². The van der Waals surface area contributed by atoms with Crippen LogP contribution in [0.3, 0.4) is 0 Å². The van der Waals surface area contributed by atoms with Gasteiger partial charge in [-0.1, -0.05) is 35.0 Å². The second-order valence-corrected chi connectivity index (χ2v) is 6.23. The second-order valence-electron chi connectivity index (χ2n) is 6.23. The van der Waals surface area contributed by atoms with Crippen LogP contribution in [0.4, 0.5) is 4.39 Å². The molecule has 0 unspecified atom stereocenters. The molecule has 0 aliphatic heterocycles. The number of ether oxygens (including phenoxy) is 1. The molecule has 27 heavy (non-hydrogen) atoms. The van der Waals surface area contributed by atoms with Crippen molar-refractivity contribution in [2.75, 3.05) is 0 Å². The molecule has 4 aromatic rings. The molecule has 5 heteroatoms. The highest BCUT2D eigenvalue weighted by atomic mass is 19.1. The van der Waals surface area contributed by atoms with Crippen LogP contribution in [0.25, 0.3) is 22.8 Å². The van der Waals surface area contributed by atoms with Crippen LogP contribution in [0.5, 0.6) is 5.75 Å². The van der Waals surface area contributed by atoms with Gasteiger partial charge < -0.3 is 9.26 Å². The van der Waals surface area contributed by atoms with Gasteiger partial charge in [-0.05, 0) is 61.0 Å². The van der Waals surface area contributed by atoms with Crippen molar-refractivity contribution in [3.8, 4) is 28.6 Å². The SMILES string of the molecule is Cc1cccc(COc2ccc(-c3noc(-c4ccc(F)cc4)n3)cc2)c1. The van der Waals surface area contributed by atoms with Crippen LogP contribution in [-0.2, 0) is 6.61 Å². The van der Waals surface area contributed by atoms with Crippen LogP contribution in [0.15, 0.2) is 77.3 Å². The largest absolute Gasteiger partial charge is 0.489 e. The maximum Gasteiger partial charge on any atom is 0.258 e. The fraction of sp³-hybridized carbons (Fsp3) is 0.0909. The molecule has 0 fully saturated rings. The van der Waals surface area contributed by atoms with Gasteiger partial charge in [-0.15, -0.1) is 0 Å². The van der Waals surface area contributed by atoms with Crippen molar-refractivity contribution in [1.82, 2.24) is 10.1 Å². The van der Waals surface area contributed by atoms with Gasteiger partial charge in [0.1, 0.15) is 18.2 Å². The summed E-state index contributed by atoms with van der Waals surface area (Å²) in [6.07, 6.45) is 0. The molecule has 4 nitrogen and oxygen atoms in total. The predicted molar refractivity (Wildman–Crippen MR) is 101 cm³/mol. The average molecular weight is 360 g/mol. The van der Waals surface area contributed by atoms with E-state index in [4.69, 9.17) is 9.26 Å². The van der Waals surface area contributed by atoms with E-state index in [1.165, 1.54) is 17.7 Å². The van der Waals surface area contributed by atoms with Gasteiger partial charge in [0.25, 0.3) is 5.89 Å². The normalized spacial score (nSPS) is 10.7. The molecule has 4 rings (SSSR count). The third-order valence-electron chi connectivity index (χ3n) is 4.12. The molecular weight excluding hydrogens is 343 g/mol. The maximum absolute atomic E-state index is 13.0. The molecule has 3 aromatic carbocycles. The van der Waals surface area contributed by atoms with Gasteiger partial charge in [-0.3, -0.25) is 0 Å². The first-order valence-electron chi connectivity index (χ1n) is 8.56. The Bertz CT molecular complexity index is 1040. The Morgan fingerprint density at radius 1 is 0.926 bits per heavy atom. The van der Waals surface area contributed by atoms with Gasteiger partial charge >= 0.3 is 0 Å². The number of benzene rings is 3. The predicted octanol–water partition coefficient (Wildman–Crippen LogP) is 5.43. The minimum atomic E-state index is -0.306. The van der Waals surface area contributed by atoms with Gasteiger partial charge in [0, 0.05) is 11.1 Å². The Morgan fingerprint density at radius 3 is 2.41 bits per heavy atom. The van der Waals surface area contributed by atoms with Crippen molar-refractivity contribution in [3.05, 3.63) is 89.7 Å². The molecule has 0 bridgehead atoms. The number of hydrogen-bond acceptors (Lipinski definition) is 4. The summed E-state index contributed by atoms with van der Waals surface area (Å²) in [7, 11) is 0. The van der Waals surface area contributed by atoms with Crippen molar-refractivity contribution < 1.29 is 13.7 Å². The highest BCUT2D eigenvalue weighted by molar-refractivity contribution is 5.60. The topological polar surface area (TPSA) is 48.2 Å². The molecule has 0 atom stereocenters. The van der Waals surface area contributed by atoms with Crippen molar-refractivity contribution in [1.29, 1.82) is 0 Å². The summed E-state index contributed by atoms with van der Waals surface area (Å²) < 4.78 is 24.1. The molecular formula is C22H17FN2O2. The van der Waals surface area contributed by atoms with Crippen LogP contribution in [-0.4, -0.2) is 10.1 Å². The summed E-state index contributed by atoms with van der Waals surface area (Å²) in [4.78, 5) is 4.37. The van der Waals surface area contributed by atoms with E-state index in [0.717, 1.165) is 16.9 Å². The maximum atomic E-state index is 13.0. The van der Waals surface area contributed by atoms with Crippen LogP contribution in [0.2, 0.25) is 0 Å². The molecule has 0 saturated carbocycles. The smallest absolute Gasteiger partial charge is 0.258 e. The molecule has 0 radical (unpaired) electrons. The highest BCUT2D eigenvalue weighted by Gasteiger charge is 2.11. The minimum absolute atomic E-state index is 0.306. The summed E-state index contributed by atoms with van der Waals surface area (Å²) in [6.45, 7) is 2.57. The zero-order chi connectivity index (χ0) is 18.6. The molecule has 0 saturated heterocycles. The van der Waals surface area contributed by atoms with Crippen molar-refractivity contribution >= 4 is 0 Å². The number of hydrogen-bond donors (Lipinski definition) is 0. The quantitative estimate of drug-likeness (QED) is 0.476. The zero-order valence-electron chi connectivity index (χ0n) is 14.7. The van der Waals surface area contributed by atoms with Crippen LogP contribution in [0.1, 0.15) is 11.1 Å². The molecule has 0 spiro atoms. The zero-order valence-corrected chi connectivity index (χ0v) is 14.7. The van der Waals surface area contributed by atoms with E-state index in [-0.39, 0.29) is 5.82 Å². The van der Waals surface area contributed by atoms with Gasteiger partial charge in [-0.2, -0.15) is 4.98 Å². The van der Waals surface area contributed by atoms with Crippen molar-refractivity contribution in [2.24, 2.45) is 0 Å². The molecule has 1 heterocycles. The standard InChI is InChI=1S/C22H17FN2O2/c1-15-3-2-4-16(13-15)14-26-20-11-7-17(8-12-20)21-24-22(27-25-21)18-5-9-19(23)10-6-18/h2-13H,14H2,1H3. The minimum Gasteiger partial charge on any atom is -0.489 e. The third kappa shape index (κ3) is 4.03. The van der Waals surface area contributed by atoms with Crippen molar-refractivity contribution in [2.45, 2.75) is 13.5 Å². The van der Waals surface area contributed by atoms with Crippen LogP contribution >= 0.6 is 0 Å². The van der Waals surface area contributed by atoms with Gasteiger partial charge in [0.2, 0.25) is 5.82 Å². The van der Waals surface area contributed by atoms with Gasteiger partial charge in [-0.25, -0.2) is 4.39 Å². The van der Waals surface area contributed by atoms with E-state index in [2.05, 4.69) is 29.2 Å². The summed E-state index contributed by atoms with van der Waals surface area (Å²) in [6, 6.07) is 21.7. The first-order valence-corrected chi connectivity index (χ1v) is 8.56. The number of nitrogens with zero attached hydrogens (tertiary/aromatic N) is 2. The van der Waals surface area contributed by atoms with E-state index in [1.54, 1.807) is 12.1 Å². The number of aromatic nitrogens is 2. The number of rotatable bonds is 5. The summed E-state index contributed by atoms with van der Waals surface area (Å²) in [5, 5.41) is 4.00. The molecule has 0 aliphatic rings. The van der Waals surface area contributed by atoms with Crippen molar-refractivity contribution in [3.63, 3.8) is 0 Å². The Labute approximate surface area is 156 Å². The van der Waals surface area contributed by atoms with E-state index in [0.29, 0.717) is 23.9 Å². The second kappa shape index (κ2) is 7.41. The monoisotopic (exact) mass is 360 g/mol. The summed E-state index contributed by atoms with van der Waals surface area (Å²) in [5.74, 6) is 1.28. The van der Waals surface area contributed by atoms with E-state index in [1.807, 2.05) is 36.4 Å². The first-order chi connectivity index (χ1) is 13.2. The molecule has 0 N–H and O–H groups in total. The van der Waals surface area contributed by atoms with Gasteiger partial charge in [0.15, 0.2) is 0 Å². The fourth-order valence-corrected chi connectivity index (χ4v) is 2.72. The number of halogens is 1. The summed E-state index contributed by atoms with van der Waals surface area (Å²) in [5.41, 5.74) is 3.82. The van der Waals surface area contributed by atoms with E-state index < -0.39 is 0 Å². The summed E-state index contributed by atoms with van der Waals surface area (Å²) >= 11 is 0. The van der Waals surface area contributed by atoms with Gasteiger partial charge in [0.05, 0.1) is 0 Å². The highest BCUT2D eigenvalue weighted by Crippen LogP contribution is 2.24. The lowest BCUT2D eigenvalue weighted by atomic mass is 10.1. The average Bonchev–Trinajstić information content (AvgIpc) is 3.18. The Kier molecular flexibility index (Phi) is 4.66. The molecule has 134 valence electrons. The fourth-order valence-electron chi connectivity index (χ4n) is 2.72. The first kappa shape index (κ1) is 17.0. The Balaban J connectivity index is 1.45. The lowest BCUT2D eigenvalue weighted by molar-refractivity contribution is 0.306. The molecule has 0 aliphatic carbocycles. The Morgan fingerprint density at radius 2 is 1.67 bits per heavy atom. The van der Waals surface area contributed by atoms with Crippen LogP contribution in [0, 0.1) is 12.7 Å². The molecule has 1 aromatic heterocycles. The molecule has 0 amide bonds. The lowest BCUT2D eigenvalue weighted by Gasteiger charge is -2.07. The van der Waals surface area contributed by atoms with E-state index in [9.17, 15) is 4.39 Å². The van der Waals surface area contributed by atoms with E-state index >= 15 is 0 Å². The number of aryl methyl sites for hydroxylation is 1. The Hall–Kier alpha value is -3.47. The third-order valence-corrected chi connectivity index (χ3v) is 4.12. The lowest BCUT2D eigenvalue weighted by Crippen LogP contribution is -1.95.